The summed E-state index contributed by atoms with van der Waals surface area (Å²) in [5.41, 5.74) is 0.959. The van der Waals surface area contributed by atoms with E-state index in [1.807, 2.05) is 12.1 Å². The molecule has 1 heterocycles. The van der Waals surface area contributed by atoms with Gasteiger partial charge < -0.3 is 15.0 Å². The van der Waals surface area contributed by atoms with Gasteiger partial charge in [-0.15, -0.1) is 0 Å². The Hall–Kier alpha value is -2.47. The predicted octanol–water partition coefficient (Wildman–Crippen LogP) is 3.83. The normalized spacial score (nSPS) is 15.2. The summed E-state index contributed by atoms with van der Waals surface area (Å²) in [6, 6.07) is 10.6. The molecule has 2 aromatic rings. The molecule has 1 saturated heterocycles. The average molecular weight is 346 g/mol. The molecule has 0 radical (unpaired) electrons. The van der Waals surface area contributed by atoms with Crippen molar-refractivity contribution in [3.63, 3.8) is 0 Å². The second kappa shape index (κ2) is 7.61. The molecule has 1 fully saturated rings. The summed E-state index contributed by atoms with van der Waals surface area (Å²) in [7, 11) is 1.73. The lowest BCUT2D eigenvalue weighted by Gasteiger charge is -2.33. The fraction of sp³-hybridized carbons (Fsp3) is 0.316. The number of anilines is 2. The van der Waals surface area contributed by atoms with E-state index in [0.29, 0.717) is 11.8 Å². The van der Waals surface area contributed by atoms with Crippen LogP contribution in [0.2, 0.25) is 0 Å². The van der Waals surface area contributed by atoms with E-state index >= 15 is 0 Å². The van der Waals surface area contributed by atoms with Crippen LogP contribution in [0.25, 0.3) is 0 Å². The molecule has 4 nitrogen and oxygen atoms in total. The third kappa shape index (κ3) is 3.96. The number of hydrogen-bond donors (Lipinski definition) is 1. The Morgan fingerprint density at radius 2 is 1.68 bits per heavy atom. The third-order valence-electron chi connectivity index (χ3n) is 4.46. The second-order valence-corrected chi connectivity index (χ2v) is 6.02. The first-order valence-corrected chi connectivity index (χ1v) is 8.21. The van der Waals surface area contributed by atoms with Gasteiger partial charge in [0.05, 0.1) is 6.10 Å². The summed E-state index contributed by atoms with van der Waals surface area (Å²) in [5, 5.41) is 2.53. The first kappa shape index (κ1) is 17.4. The van der Waals surface area contributed by atoms with E-state index in [9.17, 15) is 13.6 Å². The number of rotatable bonds is 4. The number of hydrogen-bond acceptors (Lipinski definition) is 3. The molecule has 0 spiro atoms. The monoisotopic (exact) mass is 346 g/mol. The summed E-state index contributed by atoms with van der Waals surface area (Å²) in [5.74, 6) is -2.56. The molecule has 2 aromatic carbocycles. The zero-order valence-corrected chi connectivity index (χ0v) is 14.0. The maximum atomic E-state index is 13.7. The number of nitrogens with one attached hydrogen (secondary N) is 1. The van der Waals surface area contributed by atoms with E-state index in [0.717, 1.165) is 43.8 Å². The number of nitrogens with zero attached hydrogens (tertiary/aromatic N) is 1. The lowest BCUT2D eigenvalue weighted by molar-refractivity contribution is 0.0819. The van der Waals surface area contributed by atoms with Crippen molar-refractivity contribution in [1.29, 1.82) is 0 Å². The highest BCUT2D eigenvalue weighted by Gasteiger charge is 2.19. The minimum absolute atomic E-state index is 0.311. The van der Waals surface area contributed by atoms with Gasteiger partial charge in [-0.1, -0.05) is 6.07 Å². The van der Waals surface area contributed by atoms with E-state index in [2.05, 4.69) is 10.2 Å². The Morgan fingerprint density at radius 1 is 1.08 bits per heavy atom. The van der Waals surface area contributed by atoms with Crippen LogP contribution in [-0.4, -0.2) is 32.2 Å². The van der Waals surface area contributed by atoms with Crippen molar-refractivity contribution in [3.05, 3.63) is 59.7 Å². The maximum absolute atomic E-state index is 13.7. The molecule has 1 aliphatic rings. The Kier molecular flexibility index (Phi) is 5.28. The Labute approximate surface area is 145 Å². The van der Waals surface area contributed by atoms with Gasteiger partial charge >= 0.3 is 0 Å². The molecule has 0 aliphatic carbocycles. The smallest absolute Gasteiger partial charge is 0.261 e. The molecule has 0 aromatic heterocycles. The lowest BCUT2D eigenvalue weighted by Crippen LogP contribution is -2.36. The predicted molar refractivity (Wildman–Crippen MR) is 93.0 cm³/mol. The molecule has 0 atom stereocenters. The molecular weight excluding hydrogens is 326 g/mol. The first-order valence-electron chi connectivity index (χ1n) is 8.21. The zero-order chi connectivity index (χ0) is 17.8. The van der Waals surface area contributed by atoms with Crippen LogP contribution in [0.5, 0.6) is 0 Å². The van der Waals surface area contributed by atoms with Gasteiger partial charge in [0.2, 0.25) is 0 Å². The number of methoxy groups -OCH3 is 1. The van der Waals surface area contributed by atoms with Crippen LogP contribution >= 0.6 is 0 Å². The molecule has 0 saturated carbocycles. The fourth-order valence-corrected chi connectivity index (χ4v) is 3.01. The van der Waals surface area contributed by atoms with Crippen LogP contribution < -0.4 is 10.2 Å². The minimum Gasteiger partial charge on any atom is -0.381 e. The number of carbonyl (C=O) groups excluding carboxylic acids is 1. The van der Waals surface area contributed by atoms with Crippen molar-refractivity contribution in [1.82, 2.24) is 0 Å². The molecule has 6 heteroatoms. The van der Waals surface area contributed by atoms with Crippen molar-refractivity contribution in [2.45, 2.75) is 18.9 Å². The van der Waals surface area contributed by atoms with Gasteiger partial charge in [-0.25, -0.2) is 8.78 Å². The quantitative estimate of drug-likeness (QED) is 0.915. The molecule has 0 bridgehead atoms. The summed E-state index contributed by atoms with van der Waals surface area (Å²) < 4.78 is 32.7. The number of ether oxygens (including phenoxy) is 1. The topological polar surface area (TPSA) is 41.6 Å². The molecule has 0 unspecified atom stereocenters. The van der Waals surface area contributed by atoms with Gasteiger partial charge in [-0.2, -0.15) is 0 Å². The third-order valence-corrected chi connectivity index (χ3v) is 4.46. The van der Waals surface area contributed by atoms with Crippen molar-refractivity contribution in [3.8, 4) is 0 Å². The minimum atomic E-state index is -0.880. The van der Waals surface area contributed by atoms with Gasteiger partial charge in [-0.3, -0.25) is 4.79 Å². The summed E-state index contributed by atoms with van der Waals surface area (Å²) in [6.07, 6.45) is 2.26. The SMILES string of the molecule is COC1CCN(c2ccc(NC(=O)c3c(F)cccc3F)cc2)CC1. The van der Waals surface area contributed by atoms with Crippen LogP contribution in [0.15, 0.2) is 42.5 Å². The molecular formula is C19H20F2N2O2. The number of halogens is 2. The van der Waals surface area contributed by atoms with Crippen LogP contribution in [0.4, 0.5) is 20.2 Å². The van der Waals surface area contributed by atoms with Gasteiger partial charge in [-0.05, 0) is 49.2 Å². The average Bonchev–Trinajstić information content (AvgIpc) is 2.62. The molecule has 3 rings (SSSR count). The summed E-state index contributed by atoms with van der Waals surface area (Å²) in [4.78, 5) is 14.3. The van der Waals surface area contributed by atoms with Crippen LogP contribution in [0.1, 0.15) is 23.2 Å². The highest BCUT2D eigenvalue weighted by molar-refractivity contribution is 6.04. The van der Waals surface area contributed by atoms with Gasteiger partial charge in [0.25, 0.3) is 5.91 Å². The number of piperidine rings is 1. The van der Waals surface area contributed by atoms with Crippen molar-refractivity contribution >= 4 is 17.3 Å². The molecule has 25 heavy (non-hydrogen) atoms. The number of carbonyl (C=O) groups is 1. The van der Waals surface area contributed by atoms with Crippen molar-refractivity contribution in [2.24, 2.45) is 0 Å². The van der Waals surface area contributed by atoms with Gasteiger partial charge in [0, 0.05) is 31.6 Å². The fourth-order valence-electron chi connectivity index (χ4n) is 3.01. The number of benzene rings is 2. The summed E-state index contributed by atoms with van der Waals surface area (Å²) >= 11 is 0. The van der Waals surface area contributed by atoms with Crippen molar-refractivity contribution in [2.75, 3.05) is 30.4 Å². The highest BCUT2D eigenvalue weighted by atomic mass is 19.1. The lowest BCUT2D eigenvalue weighted by atomic mass is 10.1. The van der Waals surface area contributed by atoms with E-state index < -0.39 is 23.1 Å². The largest absolute Gasteiger partial charge is 0.381 e. The van der Waals surface area contributed by atoms with E-state index in [1.54, 1.807) is 19.2 Å². The second-order valence-electron chi connectivity index (χ2n) is 6.02. The zero-order valence-electron chi connectivity index (χ0n) is 14.0. The number of amides is 1. The van der Waals surface area contributed by atoms with Crippen molar-refractivity contribution < 1.29 is 18.3 Å². The van der Waals surface area contributed by atoms with Gasteiger partial charge in [0.1, 0.15) is 17.2 Å². The first-order chi connectivity index (χ1) is 12.1. The molecule has 1 amide bonds. The highest BCUT2D eigenvalue weighted by Crippen LogP contribution is 2.23. The van der Waals surface area contributed by atoms with Crippen LogP contribution in [0.3, 0.4) is 0 Å². The van der Waals surface area contributed by atoms with Crippen LogP contribution in [0, 0.1) is 11.6 Å². The Morgan fingerprint density at radius 3 is 2.24 bits per heavy atom. The van der Waals surface area contributed by atoms with E-state index in [4.69, 9.17) is 4.74 Å². The Balaban J connectivity index is 1.66. The standard InChI is InChI=1S/C19H20F2N2O2/c1-25-15-9-11-23(12-10-15)14-7-5-13(6-8-14)22-19(24)18-16(20)3-2-4-17(18)21/h2-8,15H,9-12H2,1H3,(H,22,24). The van der Waals surface area contributed by atoms with E-state index in [1.165, 1.54) is 6.07 Å². The maximum Gasteiger partial charge on any atom is 0.261 e. The molecule has 1 aliphatic heterocycles. The molecule has 132 valence electrons. The van der Waals surface area contributed by atoms with Gasteiger partial charge in [0.15, 0.2) is 0 Å². The van der Waals surface area contributed by atoms with E-state index in [-0.39, 0.29) is 0 Å². The van der Waals surface area contributed by atoms with Crippen LogP contribution in [-0.2, 0) is 4.74 Å². The summed E-state index contributed by atoms with van der Waals surface area (Å²) in [6.45, 7) is 1.81. The Bertz CT molecular complexity index is 721. The molecule has 1 N–H and O–H groups in total.